The third-order valence-corrected chi connectivity index (χ3v) is 3.77. The van der Waals surface area contributed by atoms with Gasteiger partial charge in [-0.2, -0.15) is 13.2 Å². The van der Waals surface area contributed by atoms with Crippen LogP contribution in [0.25, 0.3) is 0 Å². The van der Waals surface area contributed by atoms with Crippen molar-refractivity contribution in [2.75, 3.05) is 0 Å². The van der Waals surface area contributed by atoms with E-state index in [1.165, 1.54) is 18.2 Å². The molecule has 1 atom stereocenters. The monoisotopic (exact) mass is 291 g/mol. The van der Waals surface area contributed by atoms with E-state index in [1.54, 1.807) is 12.3 Å². The van der Waals surface area contributed by atoms with Crippen LogP contribution in [0.1, 0.15) is 39.5 Å². The van der Waals surface area contributed by atoms with Gasteiger partial charge in [0.05, 0.1) is 17.2 Å². The molecule has 21 heavy (non-hydrogen) atoms. The normalized spacial score (nSPS) is 17.6. The van der Waals surface area contributed by atoms with Crippen molar-refractivity contribution in [2.24, 2.45) is 0 Å². The molecule has 2 nitrogen and oxygen atoms in total. The molecule has 1 aliphatic rings. The maximum Gasteiger partial charge on any atom is 0.417 e. The van der Waals surface area contributed by atoms with E-state index in [4.69, 9.17) is 0 Å². The number of aromatic nitrogens is 1. The standard InChI is InChI=1S/C16H12F3NO/c17-16(18,19)13-6-2-1-5-11(13)15(21)12-8-7-10-4-3-9-20-14(10)12/h1-6,9,12H,7-8H2. The molecule has 1 aliphatic carbocycles. The van der Waals surface area contributed by atoms with Crippen molar-refractivity contribution in [3.63, 3.8) is 0 Å². The average molecular weight is 291 g/mol. The molecular formula is C16H12F3NO. The molecule has 108 valence electrons. The summed E-state index contributed by atoms with van der Waals surface area (Å²) in [5.41, 5.74) is 0.410. The quantitative estimate of drug-likeness (QED) is 0.782. The zero-order valence-electron chi connectivity index (χ0n) is 11.0. The summed E-state index contributed by atoms with van der Waals surface area (Å²) in [5, 5.41) is 0. The first kappa shape index (κ1) is 13.8. The second-order valence-electron chi connectivity index (χ2n) is 5.05. The van der Waals surface area contributed by atoms with Crippen LogP contribution < -0.4 is 0 Å². The molecular weight excluding hydrogens is 279 g/mol. The highest BCUT2D eigenvalue weighted by Gasteiger charge is 2.38. The lowest BCUT2D eigenvalue weighted by Gasteiger charge is -2.15. The van der Waals surface area contributed by atoms with Gasteiger partial charge in [-0.15, -0.1) is 0 Å². The van der Waals surface area contributed by atoms with E-state index < -0.39 is 23.4 Å². The van der Waals surface area contributed by atoms with Gasteiger partial charge in [-0.1, -0.05) is 24.3 Å². The maximum atomic E-state index is 13.0. The maximum absolute atomic E-state index is 13.0. The van der Waals surface area contributed by atoms with E-state index in [1.807, 2.05) is 6.07 Å². The predicted molar refractivity (Wildman–Crippen MR) is 71.1 cm³/mol. The number of Topliss-reactive ketones (excluding diaryl/α,β-unsaturated/α-hetero) is 1. The number of nitrogens with zero attached hydrogens (tertiary/aromatic N) is 1. The summed E-state index contributed by atoms with van der Waals surface area (Å²) in [6, 6.07) is 8.57. The van der Waals surface area contributed by atoms with Gasteiger partial charge in [-0.25, -0.2) is 0 Å². The van der Waals surface area contributed by atoms with Gasteiger partial charge in [0.2, 0.25) is 0 Å². The summed E-state index contributed by atoms with van der Waals surface area (Å²) in [5.74, 6) is -1.08. The number of pyridine rings is 1. The van der Waals surface area contributed by atoms with Crippen LogP contribution in [-0.2, 0) is 12.6 Å². The Morgan fingerprint density at radius 2 is 1.90 bits per heavy atom. The van der Waals surface area contributed by atoms with Crippen LogP contribution in [0.5, 0.6) is 0 Å². The molecule has 3 rings (SSSR count). The Labute approximate surface area is 119 Å². The second-order valence-corrected chi connectivity index (χ2v) is 5.05. The van der Waals surface area contributed by atoms with Crippen molar-refractivity contribution in [3.05, 3.63) is 65.0 Å². The topological polar surface area (TPSA) is 30.0 Å². The van der Waals surface area contributed by atoms with Crippen molar-refractivity contribution in [1.82, 2.24) is 4.98 Å². The molecule has 1 aromatic carbocycles. The van der Waals surface area contributed by atoms with E-state index in [0.717, 1.165) is 11.6 Å². The second kappa shape index (κ2) is 4.98. The first-order valence-corrected chi connectivity index (χ1v) is 6.62. The third kappa shape index (κ3) is 2.44. The van der Waals surface area contributed by atoms with Gasteiger partial charge in [0.1, 0.15) is 0 Å². The predicted octanol–water partition coefficient (Wildman–Crippen LogP) is 4.01. The first-order valence-electron chi connectivity index (χ1n) is 6.62. The number of hydrogen-bond acceptors (Lipinski definition) is 2. The zero-order chi connectivity index (χ0) is 15.0. The summed E-state index contributed by atoms with van der Waals surface area (Å²) in [6.07, 6.45) is -1.77. The van der Waals surface area contributed by atoms with E-state index in [-0.39, 0.29) is 5.56 Å². The number of fused-ring (bicyclic) bond motifs is 1. The van der Waals surface area contributed by atoms with Crippen LogP contribution >= 0.6 is 0 Å². The lowest BCUT2D eigenvalue weighted by atomic mass is 9.92. The minimum Gasteiger partial charge on any atom is -0.293 e. The third-order valence-electron chi connectivity index (χ3n) is 3.77. The smallest absolute Gasteiger partial charge is 0.293 e. The highest BCUT2D eigenvalue weighted by molar-refractivity contribution is 6.02. The highest BCUT2D eigenvalue weighted by Crippen LogP contribution is 2.38. The molecule has 0 N–H and O–H groups in total. The highest BCUT2D eigenvalue weighted by atomic mass is 19.4. The minimum absolute atomic E-state index is 0.270. The van der Waals surface area contributed by atoms with Gasteiger partial charge in [-0.05, 0) is 30.5 Å². The molecule has 0 saturated heterocycles. The Bertz CT molecular complexity index is 694. The van der Waals surface area contributed by atoms with Crippen molar-refractivity contribution in [3.8, 4) is 0 Å². The average Bonchev–Trinajstić information content (AvgIpc) is 2.89. The van der Waals surface area contributed by atoms with Crippen molar-refractivity contribution < 1.29 is 18.0 Å². The summed E-state index contributed by atoms with van der Waals surface area (Å²) in [4.78, 5) is 16.7. The summed E-state index contributed by atoms with van der Waals surface area (Å²) in [6.45, 7) is 0. The van der Waals surface area contributed by atoms with E-state index in [9.17, 15) is 18.0 Å². The molecule has 0 saturated carbocycles. The SMILES string of the molecule is O=C(c1ccccc1C(F)(F)F)C1CCc2cccnc21. The van der Waals surface area contributed by atoms with Gasteiger partial charge in [-0.3, -0.25) is 9.78 Å². The number of carbonyl (C=O) groups excluding carboxylic acids is 1. The van der Waals surface area contributed by atoms with Crippen LogP contribution in [0.2, 0.25) is 0 Å². The molecule has 5 heteroatoms. The Morgan fingerprint density at radius 3 is 2.67 bits per heavy atom. The molecule has 1 aromatic heterocycles. The van der Waals surface area contributed by atoms with Gasteiger partial charge in [0, 0.05) is 11.8 Å². The van der Waals surface area contributed by atoms with Gasteiger partial charge in [0.25, 0.3) is 0 Å². The molecule has 0 bridgehead atoms. The summed E-state index contributed by atoms with van der Waals surface area (Å²) < 4.78 is 39.1. The van der Waals surface area contributed by atoms with E-state index in [0.29, 0.717) is 18.5 Å². The summed E-state index contributed by atoms with van der Waals surface area (Å²) in [7, 11) is 0. The fourth-order valence-electron chi connectivity index (χ4n) is 2.80. The Morgan fingerprint density at radius 1 is 1.14 bits per heavy atom. The number of aryl methyl sites for hydroxylation is 1. The summed E-state index contributed by atoms with van der Waals surface area (Å²) >= 11 is 0. The number of ketones is 1. The van der Waals surface area contributed by atoms with Crippen molar-refractivity contribution in [1.29, 1.82) is 0 Å². The van der Waals surface area contributed by atoms with E-state index >= 15 is 0 Å². The van der Waals surface area contributed by atoms with Crippen LogP contribution in [0, 0.1) is 0 Å². The van der Waals surface area contributed by atoms with Crippen LogP contribution in [-0.4, -0.2) is 10.8 Å². The number of rotatable bonds is 2. The number of halogens is 3. The molecule has 0 radical (unpaired) electrons. The Kier molecular flexibility index (Phi) is 3.27. The molecule has 1 heterocycles. The molecule has 2 aromatic rings. The Balaban J connectivity index is 2.02. The van der Waals surface area contributed by atoms with Crippen molar-refractivity contribution in [2.45, 2.75) is 24.9 Å². The van der Waals surface area contributed by atoms with Crippen LogP contribution in [0.15, 0.2) is 42.6 Å². The van der Waals surface area contributed by atoms with Crippen LogP contribution in [0.4, 0.5) is 13.2 Å². The number of hydrogen-bond donors (Lipinski definition) is 0. The molecule has 0 spiro atoms. The fraction of sp³-hybridized carbons (Fsp3) is 0.250. The minimum atomic E-state index is -4.53. The molecule has 1 unspecified atom stereocenters. The van der Waals surface area contributed by atoms with Gasteiger partial charge >= 0.3 is 6.18 Å². The largest absolute Gasteiger partial charge is 0.417 e. The number of alkyl halides is 3. The fourth-order valence-corrected chi connectivity index (χ4v) is 2.80. The lowest BCUT2D eigenvalue weighted by molar-refractivity contribution is -0.137. The van der Waals surface area contributed by atoms with Crippen LogP contribution in [0.3, 0.4) is 0 Å². The Hall–Kier alpha value is -2.17. The van der Waals surface area contributed by atoms with Gasteiger partial charge < -0.3 is 0 Å². The first-order chi connectivity index (χ1) is 9.98. The lowest BCUT2D eigenvalue weighted by Crippen LogP contribution is -2.17. The number of benzene rings is 1. The van der Waals surface area contributed by atoms with Crippen molar-refractivity contribution >= 4 is 5.78 Å². The molecule has 0 amide bonds. The zero-order valence-corrected chi connectivity index (χ0v) is 11.0. The van der Waals surface area contributed by atoms with Gasteiger partial charge in [0.15, 0.2) is 5.78 Å². The molecule has 0 aliphatic heterocycles. The number of carbonyl (C=O) groups is 1. The molecule has 0 fully saturated rings. The van der Waals surface area contributed by atoms with E-state index in [2.05, 4.69) is 4.98 Å².